The van der Waals surface area contributed by atoms with Crippen molar-refractivity contribution >= 4 is 11.4 Å². The largest absolute Gasteiger partial charge is 0.347 e. The summed E-state index contributed by atoms with van der Waals surface area (Å²) in [5.41, 5.74) is 6.89. The number of fused-ring (bicyclic) bond motifs is 1. The zero-order chi connectivity index (χ0) is 19.8. The summed E-state index contributed by atoms with van der Waals surface area (Å²) in [6.07, 6.45) is 12.7. The molecule has 27 heavy (non-hydrogen) atoms. The first-order chi connectivity index (χ1) is 12.7. The topological polar surface area (TPSA) is 15.6 Å². The Labute approximate surface area is 164 Å². The summed E-state index contributed by atoms with van der Waals surface area (Å²) in [7, 11) is 2.14. The van der Waals surface area contributed by atoms with Crippen LogP contribution in [0.5, 0.6) is 0 Å². The highest BCUT2D eigenvalue weighted by atomic mass is 15.2. The van der Waals surface area contributed by atoms with E-state index in [1.54, 1.807) is 0 Å². The van der Waals surface area contributed by atoms with Crippen LogP contribution in [-0.4, -0.2) is 12.8 Å². The lowest BCUT2D eigenvalue weighted by atomic mass is 9.80. The van der Waals surface area contributed by atoms with E-state index in [-0.39, 0.29) is 10.8 Å². The molecular weight excluding hydrogens is 328 g/mol. The summed E-state index contributed by atoms with van der Waals surface area (Å²) in [5.74, 6) is 0. The van der Waals surface area contributed by atoms with Gasteiger partial charge in [-0.15, -0.1) is 0 Å². The van der Waals surface area contributed by atoms with Gasteiger partial charge in [0, 0.05) is 29.3 Å². The van der Waals surface area contributed by atoms with E-state index < -0.39 is 0 Å². The van der Waals surface area contributed by atoms with E-state index >= 15 is 0 Å². The van der Waals surface area contributed by atoms with E-state index in [4.69, 9.17) is 4.99 Å². The monoisotopic (exact) mass is 358 g/mol. The van der Waals surface area contributed by atoms with Gasteiger partial charge < -0.3 is 4.90 Å². The van der Waals surface area contributed by atoms with Crippen molar-refractivity contribution in [1.82, 2.24) is 0 Å². The molecule has 0 saturated heterocycles. The molecule has 2 aliphatic heterocycles. The molecule has 0 aliphatic carbocycles. The first-order valence-corrected chi connectivity index (χ1v) is 9.55. The Morgan fingerprint density at radius 2 is 1.70 bits per heavy atom. The molecule has 0 radical (unpaired) electrons. The first kappa shape index (κ1) is 19.2. The Morgan fingerprint density at radius 3 is 2.37 bits per heavy atom. The Morgan fingerprint density at radius 1 is 1.00 bits per heavy atom. The maximum Gasteiger partial charge on any atom is 0.0603 e. The molecule has 0 aromatic heterocycles. The molecule has 0 amide bonds. The van der Waals surface area contributed by atoms with Crippen LogP contribution in [-0.2, 0) is 5.41 Å². The molecule has 2 heteroatoms. The fourth-order valence-electron chi connectivity index (χ4n) is 4.12. The number of allylic oxidation sites excluding steroid dienone is 8. The van der Waals surface area contributed by atoms with Crippen molar-refractivity contribution in [2.75, 3.05) is 11.9 Å². The molecule has 3 rings (SSSR count). The van der Waals surface area contributed by atoms with Gasteiger partial charge in [0.25, 0.3) is 0 Å². The second-order valence-corrected chi connectivity index (χ2v) is 8.29. The van der Waals surface area contributed by atoms with E-state index in [1.807, 2.05) is 13.0 Å². The number of nitrogens with zero attached hydrogens (tertiary/aromatic N) is 2. The lowest BCUT2D eigenvalue weighted by Crippen LogP contribution is -2.23. The molecule has 0 saturated carbocycles. The van der Waals surface area contributed by atoms with Crippen LogP contribution < -0.4 is 4.90 Å². The zero-order valence-corrected chi connectivity index (χ0v) is 17.4. The van der Waals surface area contributed by atoms with Crippen molar-refractivity contribution in [2.24, 2.45) is 10.4 Å². The smallest absolute Gasteiger partial charge is 0.0603 e. The molecule has 2 heterocycles. The van der Waals surface area contributed by atoms with Crippen LogP contribution in [0.25, 0.3) is 0 Å². The van der Waals surface area contributed by atoms with Crippen molar-refractivity contribution in [3.63, 3.8) is 0 Å². The van der Waals surface area contributed by atoms with Gasteiger partial charge in [0.15, 0.2) is 0 Å². The van der Waals surface area contributed by atoms with Crippen LogP contribution >= 0.6 is 0 Å². The van der Waals surface area contributed by atoms with E-state index in [9.17, 15) is 0 Å². The minimum absolute atomic E-state index is 0.0106. The number of aliphatic imine (C=N–C) groups is 1. The predicted molar refractivity (Wildman–Crippen MR) is 118 cm³/mol. The molecule has 1 aromatic carbocycles. The van der Waals surface area contributed by atoms with Gasteiger partial charge in [-0.05, 0) is 36.3 Å². The summed E-state index contributed by atoms with van der Waals surface area (Å²) in [6.45, 7) is 15.1. The summed E-state index contributed by atoms with van der Waals surface area (Å²) >= 11 is 0. The zero-order valence-electron chi connectivity index (χ0n) is 17.4. The first-order valence-electron chi connectivity index (χ1n) is 9.55. The maximum atomic E-state index is 4.72. The van der Waals surface area contributed by atoms with Crippen LogP contribution in [0.3, 0.4) is 0 Å². The number of anilines is 1. The molecular formula is C25H30N2. The van der Waals surface area contributed by atoms with E-state index in [0.29, 0.717) is 0 Å². The molecule has 0 spiro atoms. The second-order valence-electron chi connectivity index (χ2n) is 8.29. The summed E-state index contributed by atoms with van der Waals surface area (Å²) in [4.78, 5) is 7.01. The molecule has 0 fully saturated rings. The highest BCUT2D eigenvalue weighted by Crippen LogP contribution is 2.46. The fraction of sp³-hybridized carbons (Fsp3) is 0.320. The lowest BCUT2D eigenvalue weighted by molar-refractivity contribution is 0.640. The van der Waals surface area contributed by atoms with E-state index in [0.717, 1.165) is 11.4 Å². The van der Waals surface area contributed by atoms with Gasteiger partial charge in [0.05, 0.1) is 11.4 Å². The quantitative estimate of drug-likeness (QED) is 0.614. The molecule has 2 nitrogen and oxygen atoms in total. The Kier molecular flexibility index (Phi) is 4.86. The minimum atomic E-state index is -0.133. The summed E-state index contributed by atoms with van der Waals surface area (Å²) in [5, 5.41) is 0. The molecule has 0 bridgehead atoms. The summed E-state index contributed by atoms with van der Waals surface area (Å²) in [6, 6.07) is 8.63. The number of likely N-dealkylation sites (N-methyl/N-ethyl adjacent to an activating group) is 1. The molecule has 1 aromatic rings. The SMILES string of the molecule is C=C1N=C(/C=C/C=C2/N(C)c3ccccc3C2(C)C)C(C)(C)/C1=C/C=C\C. The van der Waals surface area contributed by atoms with Gasteiger partial charge in [0.1, 0.15) is 0 Å². The minimum Gasteiger partial charge on any atom is -0.347 e. The number of benzene rings is 1. The molecule has 0 unspecified atom stereocenters. The van der Waals surface area contributed by atoms with Crippen molar-refractivity contribution < 1.29 is 0 Å². The van der Waals surface area contributed by atoms with Crippen LogP contribution in [0, 0.1) is 5.41 Å². The lowest BCUT2D eigenvalue weighted by Gasteiger charge is -2.24. The van der Waals surface area contributed by atoms with Gasteiger partial charge in [-0.2, -0.15) is 0 Å². The standard InChI is InChI=1S/C25H30N2/c1-8-9-13-19-18(2)26-22(24(19,3)4)16-12-17-23-25(5,6)20-14-10-11-15-21(20)27(23)7/h8-17H,2H2,1,3-7H3/b9-8-,16-12+,19-13+,23-17+. The molecule has 140 valence electrons. The maximum absolute atomic E-state index is 4.72. The Bertz CT molecular complexity index is 917. The third-order valence-electron chi connectivity index (χ3n) is 5.78. The third-order valence-corrected chi connectivity index (χ3v) is 5.78. The van der Waals surface area contributed by atoms with Crippen LogP contribution in [0.4, 0.5) is 5.69 Å². The highest BCUT2D eigenvalue weighted by molar-refractivity contribution is 6.05. The number of para-hydroxylation sites is 1. The van der Waals surface area contributed by atoms with Gasteiger partial charge in [-0.3, -0.25) is 4.99 Å². The third kappa shape index (κ3) is 3.14. The van der Waals surface area contributed by atoms with Crippen LogP contribution in [0.1, 0.15) is 40.2 Å². The van der Waals surface area contributed by atoms with Crippen molar-refractivity contribution in [2.45, 2.75) is 40.0 Å². The number of hydrogen-bond donors (Lipinski definition) is 0. The van der Waals surface area contributed by atoms with E-state index in [2.05, 4.69) is 101 Å². The Balaban J connectivity index is 1.90. The molecule has 0 N–H and O–H groups in total. The fourth-order valence-corrected chi connectivity index (χ4v) is 4.12. The molecule has 0 atom stereocenters. The van der Waals surface area contributed by atoms with E-state index in [1.165, 1.54) is 22.5 Å². The second kappa shape index (κ2) is 6.84. The van der Waals surface area contributed by atoms with Gasteiger partial charge >= 0.3 is 0 Å². The van der Waals surface area contributed by atoms with Gasteiger partial charge in [-0.1, -0.05) is 76.8 Å². The normalized spacial score (nSPS) is 23.9. The molecule has 2 aliphatic rings. The van der Waals surface area contributed by atoms with Crippen LogP contribution in [0.15, 0.2) is 89.3 Å². The average molecular weight is 359 g/mol. The average Bonchev–Trinajstić information content (AvgIpc) is 2.95. The highest BCUT2D eigenvalue weighted by Gasteiger charge is 2.38. The predicted octanol–water partition coefficient (Wildman–Crippen LogP) is 6.35. The number of hydrogen-bond acceptors (Lipinski definition) is 2. The van der Waals surface area contributed by atoms with Crippen LogP contribution in [0.2, 0.25) is 0 Å². The van der Waals surface area contributed by atoms with Crippen molar-refractivity contribution in [1.29, 1.82) is 0 Å². The van der Waals surface area contributed by atoms with Crippen molar-refractivity contribution in [3.05, 3.63) is 89.8 Å². The Hall–Kier alpha value is -2.61. The van der Waals surface area contributed by atoms with Gasteiger partial charge in [-0.25, -0.2) is 0 Å². The van der Waals surface area contributed by atoms with Crippen molar-refractivity contribution in [3.8, 4) is 0 Å². The van der Waals surface area contributed by atoms with Gasteiger partial charge in [0.2, 0.25) is 0 Å². The summed E-state index contributed by atoms with van der Waals surface area (Å²) < 4.78 is 0. The number of rotatable bonds is 3.